The van der Waals surface area contributed by atoms with Gasteiger partial charge >= 0.3 is 0 Å². The highest BCUT2D eigenvalue weighted by Crippen LogP contribution is 2.23. The van der Waals surface area contributed by atoms with Gasteiger partial charge in [0.2, 0.25) is 5.91 Å². The average Bonchev–Trinajstić information content (AvgIpc) is 2.67. The van der Waals surface area contributed by atoms with E-state index in [1.807, 2.05) is 58.0 Å². The van der Waals surface area contributed by atoms with Gasteiger partial charge in [0.15, 0.2) is 6.61 Å². The predicted molar refractivity (Wildman–Crippen MR) is 119 cm³/mol. The minimum absolute atomic E-state index is 0.124. The van der Waals surface area contributed by atoms with Crippen LogP contribution in [0, 0.1) is 20.8 Å². The Morgan fingerprint density at radius 1 is 1.17 bits per heavy atom. The molecule has 0 spiro atoms. The van der Waals surface area contributed by atoms with Crippen LogP contribution in [0.15, 0.2) is 40.9 Å². The summed E-state index contributed by atoms with van der Waals surface area (Å²) in [6.07, 6.45) is 0. The fourth-order valence-corrected chi connectivity index (χ4v) is 3.56. The largest absolute Gasteiger partial charge is 0.483 e. The van der Waals surface area contributed by atoms with Crippen LogP contribution in [0.2, 0.25) is 0 Å². The maximum absolute atomic E-state index is 13.0. The van der Waals surface area contributed by atoms with E-state index in [1.165, 1.54) is 0 Å². The lowest BCUT2D eigenvalue weighted by Gasteiger charge is -2.29. The second kappa shape index (κ2) is 10.4. The summed E-state index contributed by atoms with van der Waals surface area (Å²) in [5.41, 5.74) is 4.15. The third kappa shape index (κ3) is 6.32. The fraction of sp³-hybridized carbons (Fsp3) is 0.391. The van der Waals surface area contributed by atoms with Crippen molar-refractivity contribution < 1.29 is 14.3 Å². The van der Waals surface area contributed by atoms with Crippen molar-refractivity contribution in [2.75, 3.05) is 13.2 Å². The molecule has 0 saturated heterocycles. The molecule has 2 aromatic carbocycles. The Hall–Kier alpha value is -2.34. The van der Waals surface area contributed by atoms with Crippen LogP contribution in [0.1, 0.15) is 36.1 Å². The smallest absolute Gasteiger partial charge is 0.261 e. The minimum atomic E-state index is -0.606. The lowest BCUT2D eigenvalue weighted by atomic mass is 10.1. The molecule has 2 aromatic rings. The number of carbonyl (C=O) groups is 2. The molecule has 0 aliphatic rings. The number of ether oxygens (including phenoxy) is 1. The molecule has 1 atom stereocenters. The molecule has 6 heteroatoms. The van der Waals surface area contributed by atoms with E-state index in [0.29, 0.717) is 18.8 Å². The van der Waals surface area contributed by atoms with E-state index < -0.39 is 6.04 Å². The second-order valence-corrected chi connectivity index (χ2v) is 8.13. The number of hydrogen-bond donors (Lipinski definition) is 1. The molecule has 0 radical (unpaired) electrons. The number of nitrogens with one attached hydrogen (secondary N) is 1. The summed E-state index contributed by atoms with van der Waals surface area (Å²) >= 11 is 3.46. The first kappa shape index (κ1) is 22.9. The second-order valence-electron chi connectivity index (χ2n) is 7.22. The molecule has 0 aromatic heterocycles. The normalized spacial score (nSPS) is 11.7. The summed E-state index contributed by atoms with van der Waals surface area (Å²) in [6, 6.07) is 11.1. The van der Waals surface area contributed by atoms with Crippen molar-refractivity contribution in [3.05, 3.63) is 63.1 Å². The van der Waals surface area contributed by atoms with Crippen LogP contribution in [0.5, 0.6) is 5.75 Å². The molecule has 2 amide bonds. The van der Waals surface area contributed by atoms with Crippen molar-refractivity contribution >= 4 is 27.7 Å². The highest BCUT2D eigenvalue weighted by molar-refractivity contribution is 9.10. The third-order valence-electron chi connectivity index (χ3n) is 4.88. The monoisotopic (exact) mass is 460 g/mol. The Morgan fingerprint density at radius 3 is 2.55 bits per heavy atom. The van der Waals surface area contributed by atoms with Gasteiger partial charge in [-0.05, 0) is 75.1 Å². The Morgan fingerprint density at radius 2 is 1.90 bits per heavy atom. The molecule has 0 saturated carbocycles. The molecule has 2 rings (SSSR count). The van der Waals surface area contributed by atoms with Crippen LogP contribution in [-0.4, -0.2) is 35.9 Å². The zero-order chi connectivity index (χ0) is 21.6. The van der Waals surface area contributed by atoms with E-state index in [2.05, 4.69) is 27.3 Å². The van der Waals surface area contributed by atoms with Crippen LogP contribution < -0.4 is 10.1 Å². The third-order valence-corrected chi connectivity index (χ3v) is 5.37. The average molecular weight is 461 g/mol. The van der Waals surface area contributed by atoms with Crippen LogP contribution in [0.3, 0.4) is 0 Å². The number of benzene rings is 2. The number of amides is 2. The summed E-state index contributed by atoms with van der Waals surface area (Å²) in [4.78, 5) is 27.0. The summed E-state index contributed by atoms with van der Waals surface area (Å²) < 4.78 is 6.79. The van der Waals surface area contributed by atoms with Crippen molar-refractivity contribution in [2.45, 2.75) is 47.2 Å². The van der Waals surface area contributed by atoms with Gasteiger partial charge in [0.1, 0.15) is 11.8 Å². The number of rotatable bonds is 8. The molecule has 0 aliphatic carbocycles. The quantitative estimate of drug-likeness (QED) is 0.638. The molecule has 0 heterocycles. The molecule has 1 N–H and O–H groups in total. The van der Waals surface area contributed by atoms with Gasteiger partial charge in [-0.2, -0.15) is 0 Å². The summed E-state index contributed by atoms with van der Waals surface area (Å²) in [5.74, 6) is 0.282. The van der Waals surface area contributed by atoms with Crippen LogP contribution in [0.25, 0.3) is 0 Å². The number of carbonyl (C=O) groups excluding carboxylic acids is 2. The molecule has 1 unspecified atom stereocenters. The van der Waals surface area contributed by atoms with Crippen molar-refractivity contribution in [2.24, 2.45) is 0 Å². The number of aryl methyl sites for hydroxylation is 2. The van der Waals surface area contributed by atoms with E-state index in [9.17, 15) is 9.59 Å². The van der Waals surface area contributed by atoms with E-state index in [-0.39, 0.29) is 18.4 Å². The molecule has 156 valence electrons. The Bertz CT molecular complexity index is 882. The predicted octanol–water partition coefficient (Wildman–Crippen LogP) is 4.31. The van der Waals surface area contributed by atoms with Gasteiger partial charge < -0.3 is 15.0 Å². The van der Waals surface area contributed by atoms with Crippen LogP contribution in [0.4, 0.5) is 0 Å². The molecular weight excluding hydrogens is 432 g/mol. The molecule has 5 nitrogen and oxygen atoms in total. The lowest BCUT2D eigenvalue weighted by molar-refractivity contribution is -0.142. The first-order chi connectivity index (χ1) is 13.7. The topological polar surface area (TPSA) is 58.6 Å². The van der Waals surface area contributed by atoms with Crippen LogP contribution >= 0.6 is 15.9 Å². The summed E-state index contributed by atoms with van der Waals surface area (Å²) in [6.45, 7) is 10.3. The van der Waals surface area contributed by atoms with Gasteiger partial charge in [0, 0.05) is 17.6 Å². The zero-order valence-electron chi connectivity index (χ0n) is 17.7. The maximum atomic E-state index is 13.0. The van der Waals surface area contributed by atoms with Crippen molar-refractivity contribution in [1.82, 2.24) is 10.2 Å². The van der Waals surface area contributed by atoms with Gasteiger partial charge in [-0.25, -0.2) is 0 Å². The molecule has 0 aliphatic heterocycles. The van der Waals surface area contributed by atoms with Gasteiger partial charge in [-0.15, -0.1) is 0 Å². The molecular formula is C23H29BrN2O3. The fourth-order valence-electron chi connectivity index (χ4n) is 3.11. The van der Waals surface area contributed by atoms with Crippen molar-refractivity contribution in [1.29, 1.82) is 0 Å². The van der Waals surface area contributed by atoms with Gasteiger partial charge in [0.05, 0.1) is 0 Å². The minimum Gasteiger partial charge on any atom is -0.483 e. The van der Waals surface area contributed by atoms with Crippen molar-refractivity contribution in [3.63, 3.8) is 0 Å². The molecule has 29 heavy (non-hydrogen) atoms. The number of likely N-dealkylation sites (N-methyl/N-ethyl adjacent to an activating group) is 1. The zero-order valence-corrected chi connectivity index (χ0v) is 19.3. The van der Waals surface area contributed by atoms with Crippen LogP contribution in [-0.2, 0) is 16.1 Å². The van der Waals surface area contributed by atoms with E-state index in [1.54, 1.807) is 11.8 Å². The highest BCUT2D eigenvalue weighted by atomic mass is 79.9. The van der Waals surface area contributed by atoms with E-state index >= 15 is 0 Å². The Kier molecular flexibility index (Phi) is 8.26. The summed E-state index contributed by atoms with van der Waals surface area (Å²) in [7, 11) is 0. The first-order valence-corrected chi connectivity index (χ1v) is 10.5. The standard InChI is InChI=1S/C23H29BrN2O3/c1-6-25-23(28)18(5)26(13-19-8-7-9-20(24)12-19)22(27)14-29-21-11-15(2)10-16(3)17(21)4/h7-12,18H,6,13-14H2,1-5H3,(H,25,28). The number of nitrogens with zero attached hydrogens (tertiary/aromatic N) is 1. The SMILES string of the molecule is CCNC(=O)C(C)N(Cc1cccc(Br)c1)C(=O)COc1cc(C)cc(C)c1C. The van der Waals surface area contributed by atoms with Crippen molar-refractivity contribution in [3.8, 4) is 5.75 Å². The number of halogens is 1. The van der Waals surface area contributed by atoms with E-state index in [0.717, 1.165) is 26.7 Å². The summed E-state index contributed by atoms with van der Waals surface area (Å²) in [5, 5.41) is 2.79. The van der Waals surface area contributed by atoms with Gasteiger partial charge in [0.25, 0.3) is 5.91 Å². The van der Waals surface area contributed by atoms with E-state index in [4.69, 9.17) is 4.74 Å². The Balaban J connectivity index is 2.20. The molecule has 0 bridgehead atoms. The molecule has 0 fully saturated rings. The van der Waals surface area contributed by atoms with Gasteiger partial charge in [-0.1, -0.05) is 34.1 Å². The first-order valence-electron chi connectivity index (χ1n) is 9.75. The Labute approximate surface area is 181 Å². The lowest BCUT2D eigenvalue weighted by Crippen LogP contribution is -2.49. The number of hydrogen-bond acceptors (Lipinski definition) is 3. The van der Waals surface area contributed by atoms with Gasteiger partial charge in [-0.3, -0.25) is 9.59 Å². The maximum Gasteiger partial charge on any atom is 0.261 e. The highest BCUT2D eigenvalue weighted by Gasteiger charge is 2.26.